The van der Waals surface area contributed by atoms with E-state index in [9.17, 15) is 23.2 Å². The number of carbonyl (C=O) groups is 3. The van der Waals surface area contributed by atoms with Crippen molar-refractivity contribution in [3.63, 3.8) is 0 Å². The van der Waals surface area contributed by atoms with E-state index in [1.54, 1.807) is 0 Å². The highest BCUT2D eigenvalue weighted by molar-refractivity contribution is 6.30. The van der Waals surface area contributed by atoms with Gasteiger partial charge >= 0.3 is 0 Å². The van der Waals surface area contributed by atoms with Crippen molar-refractivity contribution in [3.8, 4) is 0 Å². The summed E-state index contributed by atoms with van der Waals surface area (Å²) < 4.78 is 26.5. The van der Waals surface area contributed by atoms with E-state index in [2.05, 4.69) is 12.2 Å². The van der Waals surface area contributed by atoms with Crippen LogP contribution in [0, 0.1) is 17.6 Å². The SMILES string of the molecule is CC1CCN(C2=CC(=O)N(c3ccc(C(=O)NCc4cc(F)cc(F)c4)cc3)C2=O)CC1. The Balaban J connectivity index is 1.40. The van der Waals surface area contributed by atoms with Gasteiger partial charge in [-0.3, -0.25) is 14.4 Å². The fraction of sp³-hybridized carbons (Fsp3) is 0.292. The second-order valence-electron chi connectivity index (χ2n) is 8.19. The quantitative estimate of drug-likeness (QED) is 0.726. The van der Waals surface area contributed by atoms with Gasteiger partial charge in [-0.1, -0.05) is 6.92 Å². The molecule has 2 aliphatic rings. The molecular formula is C24H23F2N3O3. The summed E-state index contributed by atoms with van der Waals surface area (Å²) in [5.41, 5.74) is 1.38. The van der Waals surface area contributed by atoms with E-state index in [4.69, 9.17) is 0 Å². The van der Waals surface area contributed by atoms with Gasteiger partial charge < -0.3 is 10.2 Å². The highest BCUT2D eigenvalue weighted by Gasteiger charge is 2.36. The molecule has 0 aromatic heterocycles. The Labute approximate surface area is 184 Å². The number of carbonyl (C=O) groups excluding carboxylic acids is 3. The van der Waals surface area contributed by atoms with Crippen LogP contribution in [-0.4, -0.2) is 35.7 Å². The number of nitrogens with zero attached hydrogens (tertiary/aromatic N) is 2. The van der Waals surface area contributed by atoms with Crippen LogP contribution in [0.25, 0.3) is 0 Å². The maximum Gasteiger partial charge on any atom is 0.281 e. The molecule has 2 aromatic carbocycles. The van der Waals surface area contributed by atoms with Gasteiger partial charge in [-0.2, -0.15) is 0 Å². The van der Waals surface area contributed by atoms with Crippen LogP contribution in [0.1, 0.15) is 35.7 Å². The fourth-order valence-electron chi connectivity index (χ4n) is 3.94. The van der Waals surface area contributed by atoms with Crippen molar-refractivity contribution < 1.29 is 23.2 Å². The maximum absolute atomic E-state index is 13.3. The molecule has 2 aliphatic heterocycles. The lowest BCUT2D eigenvalue weighted by Gasteiger charge is -2.32. The van der Waals surface area contributed by atoms with Crippen molar-refractivity contribution in [2.45, 2.75) is 26.3 Å². The first-order chi connectivity index (χ1) is 15.3. The zero-order valence-corrected chi connectivity index (χ0v) is 17.6. The van der Waals surface area contributed by atoms with Gasteiger partial charge in [0.25, 0.3) is 17.7 Å². The van der Waals surface area contributed by atoms with Gasteiger partial charge in [0.1, 0.15) is 17.3 Å². The van der Waals surface area contributed by atoms with Crippen LogP contribution in [0.2, 0.25) is 0 Å². The highest BCUT2D eigenvalue weighted by Crippen LogP contribution is 2.27. The van der Waals surface area contributed by atoms with Crippen molar-refractivity contribution in [2.75, 3.05) is 18.0 Å². The zero-order valence-electron chi connectivity index (χ0n) is 17.6. The van der Waals surface area contributed by atoms with E-state index in [1.165, 1.54) is 30.3 Å². The summed E-state index contributed by atoms with van der Waals surface area (Å²) >= 11 is 0. The molecule has 0 bridgehead atoms. The predicted octanol–water partition coefficient (Wildman–Crippen LogP) is 3.38. The molecule has 1 saturated heterocycles. The summed E-state index contributed by atoms with van der Waals surface area (Å²) in [4.78, 5) is 40.8. The Morgan fingerprint density at radius 3 is 2.28 bits per heavy atom. The summed E-state index contributed by atoms with van der Waals surface area (Å²) in [6.45, 7) is 3.62. The van der Waals surface area contributed by atoms with E-state index in [1.807, 2.05) is 4.90 Å². The molecule has 0 atom stereocenters. The lowest BCUT2D eigenvalue weighted by molar-refractivity contribution is -0.121. The molecule has 2 aromatic rings. The molecule has 0 aliphatic carbocycles. The summed E-state index contributed by atoms with van der Waals surface area (Å²) in [7, 11) is 0. The van der Waals surface area contributed by atoms with Gasteiger partial charge in [0.2, 0.25) is 0 Å². The highest BCUT2D eigenvalue weighted by atomic mass is 19.1. The maximum atomic E-state index is 13.3. The molecule has 6 nitrogen and oxygen atoms in total. The number of amides is 3. The van der Waals surface area contributed by atoms with Gasteiger partial charge in [0, 0.05) is 37.3 Å². The molecule has 2 heterocycles. The summed E-state index contributed by atoms with van der Waals surface area (Å²) in [6, 6.07) is 9.10. The Morgan fingerprint density at radius 1 is 1.03 bits per heavy atom. The Kier molecular flexibility index (Phi) is 6.03. The van der Waals surface area contributed by atoms with E-state index in [0.717, 1.165) is 49.0 Å². The molecule has 0 saturated carbocycles. The number of halogens is 2. The molecule has 3 amide bonds. The number of benzene rings is 2. The second kappa shape index (κ2) is 8.90. The standard InChI is InChI=1S/C24H23F2N3O3/c1-15-6-8-28(9-7-15)21-13-22(30)29(24(21)32)20-4-2-17(3-5-20)23(31)27-14-16-10-18(25)12-19(26)11-16/h2-5,10-13,15H,6-9,14H2,1H3,(H,27,31). The van der Waals surface area contributed by atoms with Crippen LogP contribution in [0.3, 0.4) is 0 Å². The van der Waals surface area contributed by atoms with Crippen molar-refractivity contribution in [1.29, 1.82) is 0 Å². The van der Waals surface area contributed by atoms with Crippen molar-refractivity contribution in [1.82, 2.24) is 10.2 Å². The third-order valence-corrected chi connectivity index (χ3v) is 5.79. The van der Waals surface area contributed by atoms with Crippen molar-refractivity contribution in [3.05, 3.63) is 77.0 Å². The van der Waals surface area contributed by atoms with E-state index < -0.39 is 23.4 Å². The number of anilines is 1. The molecule has 1 fully saturated rings. The van der Waals surface area contributed by atoms with E-state index >= 15 is 0 Å². The Hall–Kier alpha value is -3.55. The number of hydrogen-bond donors (Lipinski definition) is 1. The number of hydrogen-bond acceptors (Lipinski definition) is 4. The molecule has 1 N–H and O–H groups in total. The lowest BCUT2D eigenvalue weighted by atomic mass is 9.99. The molecule has 0 radical (unpaired) electrons. The third-order valence-electron chi connectivity index (χ3n) is 5.79. The number of piperidine rings is 1. The van der Waals surface area contributed by atoms with Crippen LogP contribution < -0.4 is 10.2 Å². The average Bonchev–Trinajstić information content (AvgIpc) is 3.06. The van der Waals surface area contributed by atoms with E-state index in [0.29, 0.717) is 28.4 Å². The first-order valence-corrected chi connectivity index (χ1v) is 10.5. The van der Waals surface area contributed by atoms with E-state index in [-0.39, 0.29) is 12.5 Å². The first kappa shape index (κ1) is 21.7. The largest absolute Gasteiger partial charge is 0.367 e. The minimum absolute atomic E-state index is 0.0416. The zero-order chi connectivity index (χ0) is 22.8. The normalized spacial score (nSPS) is 17.0. The summed E-state index contributed by atoms with van der Waals surface area (Å²) in [6.07, 6.45) is 3.33. The van der Waals surface area contributed by atoms with Gasteiger partial charge in [-0.25, -0.2) is 13.7 Å². The minimum atomic E-state index is -0.717. The summed E-state index contributed by atoms with van der Waals surface area (Å²) in [5, 5.41) is 2.59. The summed E-state index contributed by atoms with van der Waals surface area (Å²) in [5.74, 6) is -2.05. The van der Waals surface area contributed by atoms with Crippen LogP contribution >= 0.6 is 0 Å². The lowest BCUT2D eigenvalue weighted by Crippen LogP contribution is -2.38. The van der Waals surface area contributed by atoms with Gasteiger partial charge in [-0.15, -0.1) is 0 Å². The van der Waals surface area contributed by atoms with Crippen molar-refractivity contribution in [2.24, 2.45) is 5.92 Å². The molecule has 0 spiro atoms. The Morgan fingerprint density at radius 2 is 1.66 bits per heavy atom. The first-order valence-electron chi connectivity index (χ1n) is 10.5. The van der Waals surface area contributed by atoms with Crippen molar-refractivity contribution >= 4 is 23.4 Å². The van der Waals surface area contributed by atoms with Crippen LogP contribution in [0.4, 0.5) is 14.5 Å². The Bertz CT molecular complexity index is 1070. The monoisotopic (exact) mass is 439 g/mol. The van der Waals surface area contributed by atoms with Gasteiger partial charge in [0.05, 0.1) is 5.69 Å². The number of likely N-dealkylation sites (tertiary alicyclic amines) is 1. The minimum Gasteiger partial charge on any atom is -0.367 e. The van der Waals surface area contributed by atoms with Gasteiger partial charge in [-0.05, 0) is 60.7 Å². The van der Waals surface area contributed by atoms with Crippen LogP contribution in [-0.2, 0) is 16.1 Å². The molecule has 8 heteroatoms. The molecule has 4 rings (SSSR count). The smallest absolute Gasteiger partial charge is 0.281 e. The molecular weight excluding hydrogens is 416 g/mol. The molecule has 166 valence electrons. The molecule has 32 heavy (non-hydrogen) atoms. The third kappa shape index (κ3) is 4.54. The fourth-order valence-corrected chi connectivity index (χ4v) is 3.94. The average molecular weight is 439 g/mol. The molecule has 0 unspecified atom stereocenters. The van der Waals surface area contributed by atoms with Gasteiger partial charge in [0.15, 0.2) is 0 Å². The number of imide groups is 1. The second-order valence-corrected chi connectivity index (χ2v) is 8.19. The number of rotatable bonds is 5. The van der Waals surface area contributed by atoms with Crippen LogP contribution in [0.15, 0.2) is 54.2 Å². The predicted molar refractivity (Wildman–Crippen MR) is 115 cm³/mol. The topological polar surface area (TPSA) is 69.7 Å². The number of nitrogens with one attached hydrogen (secondary N) is 1. The van der Waals surface area contributed by atoms with Crippen LogP contribution in [0.5, 0.6) is 0 Å².